The van der Waals surface area contributed by atoms with Crippen LogP contribution in [-0.2, 0) is 4.74 Å². The van der Waals surface area contributed by atoms with Gasteiger partial charge in [0.25, 0.3) is 0 Å². The van der Waals surface area contributed by atoms with Gasteiger partial charge in [-0.2, -0.15) is 0 Å². The maximum absolute atomic E-state index is 12.0. The lowest BCUT2D eigenvalue weighted by molar-refractivity contribution is 0.0945. The summed E-state index contributed by atoms with van der Waals surface area (Å²) in [5.74, 6) is 0.219. The maximum atomic E-state index is 12.0. The Balaban J connectivity index is 2.35. The molecule has 0 aliphatic rings. The lowest BCUT2D eigenvalue weighted by Gasteiger charge is -2.16. The maximum Gasteiger partial charge on any atom is 0.164 e. The summed E-state index contributed by atoms with van der Waals surface area (Å²) in [6, 6.07) is 7.75. The number of nitrogens with zero attached hydrogens (tertiary/aromatic N) is 1. The number of carbonyl (C=O) groups is 1. The highest BCUT2D eigenvalue weighted by Gasteiger charge is 2.09. The molecule has 18 heavy (non-hydrogen) atoms. The Hall–Kier alpha value is -1.19. The lowest BCUT2D eigenvalue weighted by Crippen LogP contribution is -2.26. The largest absolute Gasteiger partial charge is 0.380 e. The highest BCUT2D eigenvalue weighted by atomic mass is 16.5. The number of carbonyl (C=O) groups excluding carboxylic acids is 1. The number of benzene rings is 1. The van der Waals surface area contributed by atoms with Gasteiger partial charge in [0.1, 0.15) is 0 Å². The van der Waals surface area contributed by atoms with Gasteiger partial charge in [-0.1, -0.05) is 24.3 Å². The van der Waals surface area contributed by atoms with Crippen molar-refractivity contribution < 1.29 is 9.53 Å². The van der Waals surface area contributed by atoms with Gasteiger partial charge in [0, 0.05) is 31.7 Å². The van der Waals surface area contributed by atoms with E-state index in [1.54, 1.807) is 0 Å². The zero-order valence-corrected chi connectivity index (χ0v) is 11.6. The molecule has 3 nitrogen and oxygen atoms in total. The van der Waals surface area contributed by atoms with Crippen LogP contribution in [0.4, 0.5) is 0 Å². The molecule has 0 atom stereocenters. The van der Waals surface area contributed by atoms with Crippen molar-refractivity contribution >= 4 is 5.78 Å². The molecule has 0 unspecified atom stereocenters. The van der Waals surface area contributed by atoms with E-state index in [1.807, 2.05) is 45.2 Å². The molecule has 0 aliphatic heterocycles. The molecule has 0 bridgehead atoms. The Morgan fingerprint density at radius 2 is 2.00 bits per heavy atom. The second kappa shape index (κ2) is 8.01. The second-order valence-electron chi connectivity index (χ2n) is 4.49. The number of ether oxygens (including phenoxy) is 1. The van der Waals surface area contributed by atoms with Crippen LogP contribution in [-0.4, -0.2) is 44.0 Å². The quantitative estimate of drug-likeness (QED) is 0.524. The van der Waals surface area contributed by atoms with Gasteiger partial charge in [-0.3, -0.25) is 4.79 Å². The van der Waals surface area contributed by atoms with Crippen molar-refractivity contribution in [2.45, 2.75) is 20.3 Å². The fourth-order valence-corrected chi connectivity index (χ4v) is 1.79. The average Bonchev–Trinajstić information content (AvgIpc) is 2.37. The van der Waals surface area contributed by atoms with Crippen LogP contribution in [0.3, 0.4) is 0 Å². The summed E-state index contributed by atoms with van der Waals surface area (Å²) in [5, 5.41) is 0. The van der Waals surface area contributed by atoms with Gasteiger partial charge in [-0.25, -0.2) is 0 Å². The van der Waals surface area contributed by atoms with Gasteiger partial charge in [-0.05, 0) is 26.5 Å². The van der Waals surface area contributed by atoms with Crippen molar-refractivity contribution in [3.63, 3.8) is 0 Å². The third-order valence-electron chi connectivity index (χ3n) is 2.99. The first-order chi connectivity index (χ1) is 8.65. The molecule has 0 spiro atoms. The standard InChI is InChI=1S/C15H23NO2/c1-4-18-12-11-16(3)10-9-15(17)14-8-6-5-7-13(14)2/h5-8H,4,9-12H2,1-3H3. The number of rotatable bonds is 8. The molecule has 0 fully saturated rings. The van der Waals surface area contributed by atoms with Gasteiger partial charge in [0.2, 0.25) is 0 Å². The van der Waals surface area contributed by atoms with Crippen LogP contribution in [0.5, 0.6) is 0 Å². The predicted octanol–water partition coefficient (Wildman–Crippen LogP) is 2.54. The molecule has 0 aliphatic carbocycles. The molecule has 3 heteroatoms. The van der Waals surface area contributed by atoms with E-state index in [2.05, 4.69) is 4.90 Å². The van der Waals surface area contributed by atoms with Gasteiger partial charge >= 0.3 is 0 Å². The molecule has 0 heterocycles. The van der Waals surface area contributed by atoms with Crippen LogP contribution in [0.25, 0.3) is 0 Å². The third kappa shape index (κ3) is 4.98. The van der Waals surface area contributed by atoms with Crippen molar-refractivity contribution in [1.82, 2.24) is 4.90 Å². The molecule has 1 rings (SSSR count). The first-order valence-corrected chi connectivity index (χ1v) is 6.50. The van der Waals surface area contributed by atoms with Gasteiger partial charge < -0.3 is 9.64 Å². The molecular formula is C15H23NO2. The van der Waals surface area contributed by atoms with E-state index >= 15 is 0 Å². The van der Waals surface area contributed by atoms with Crippen molar-refractivity contribution in [3.8, 4) is 0 Å². The van der Waals surface area contributed by atoms with Gasteiger partial charge in [0.15, 0.2) is 5.78 Å². The normalized spacial score (nSPS) is 10.9. The number of Topliss-reactive ketones (excluding diaryl/α,β-unsaturated/α-hetero) is 1. The summed E-state index contributed by atoms with van der Waals surface area (Å²) in [6.45, 7) is 7.09. The molecule has 1 aromatic carbocycles. The number of ketones is 1. The molecule has 0 N–H and O–H groups in total. The lowest BCUT2D eigenvalue weighted by atomic mass is 10.0. The molecule has 1 aromatic rings. The highest BCUT2D eigenvalue weighted by molar-refractivity contribution is 5.97. The second-order valence-corrected chi connectivity index (χ2v) is 4.49. The van der Waals surface area contributed by atoms with Crippen molar-refractivity contribution in [2.24, 2.45) is 0 Å². The summed E-state index contributed by atoms with van der Waals surface area (Å²) in [7, 11) is 2.02. The summed E-state index contributed by atoms with van der Waals surface area (Å²) < 4.78 is 5.29. The number of hydrogen-bond acceptors (Lipinski definition) is 3. The smallest absolute Gasteiger partial charge is 0.164 e. The summed E-state index contributed by atoms with van der Waals surface area (Å²) >= 11 is 0. The van der Waals surface area contributed by atoms with E-state index in [4.69, 9.17) is 4.74 Å². The van der Waals surface area contributed by atoms with Gasteiger partial charge in [0.05, 0.1) is 6.61 Å². The molecule has 0 aromatic heterocycles. The van der Waals surface area contributed by atoms with Crippen LogP contribution in [0, 0.1) is 6.92 Å². The average molecular weight is 249 g/mol. The Labute approximate surface area is 110 Å². The minimum atomic E-state index is 0.219. The first kappa shape index (κ1) is 14.9. The Morgan fingerprint density at radius 3 is 2.67 bits per heavy atom. The van der Waals surface area contributed by atoms with Crippen LogP contribution in [0.1, 0.15) is 29.3 Å². The SMILES string of the molecule is CCOCCN(C)CCC(=O)c1ccccc1C. The molecule has 0 amide bonds. The fraction of sp³-hybridized carbons (Fsp3) is 0.533. The molecule has 0 saturated carbocycles. The number of hydrogen-bond donors (Lipinski definition) is 0. The monoisotopic (exact) mass is 249 g/mol. The third-order valence-corrected chi connectivity index (χ3v) is 2.99. The van der Waals surface area contributed by atoms with Crippen LogP contribution < -0.4 is 0 Å². The number of likely N-dealkylation sites (N-methyl/N-ethyl adjacent to an activating group) is 1. The summed E-state index contributed by atoms with van der Waals surface area (Å²) in [5.41, 5.74) is 1.90. The summed E-state index contributed by atoms with van der Waals surface area (Å²) in [4.78, 5) is 14.2. The molecular weight excluding hydrogens is 226 g/mol. The van der Waals surface area contributed by atoms with E-state index in [0.29, 0.717) is 6.42 Å². The molecule has 0 saturated heterocycles. The van der Waals surface area contributed by atoms with Crippen molar-refractivity contribution in [1.29, 1.82) is 0 Å². The zero-order valence-electron chi connectivity index (χ0n) is 11.6. The minimum absolute atomic E-state index is 0.219. The van der Waals surface area contributed by atoms with E-state index in [1.165, 1.54) is 0 Å². The van der Waals surface area contributed by atoms with Crippen LogP contribution in [0.15, 0.2) is 24.3 Å². The van der Waals surface area contributed by atoms with Crippen molar-refractivity contribution in [3.05, 3.63) is 35.4 Å². The van der Waals surface area contributed by atoms with E-state index < -0.39 is 0 Å². The molecule has 0 radical (unpaired) electrons. The molecule has 100 valence electrons. The summed E-state index contributed by atoms with van der Waals surface area (Å²) in [6.07, 6.45) is 0.563. The Kier molecular flexibility index (Phi) is 6.61. The first-order valence-electron chi connectivity index (χ1n) is 6.50. The Bertz CT molecular complexity index is 377. The zero-order chi connectivity index (χ0) is 13.4. The Morgan fingerprint density at radius 1 is 1.28 bits per heavy atom. The van der Waals surface area contributed by atoms with Crippen LogP contribution >= 0.6 is 0 Å². The fourth-order valence-electron chi connectivity index (χ4n) is 1.79. The van der Waals surface area contributed by atoms with E-state index in [0.717, 1.165) is 37.4 Å². The highest BCUT2D eigenvalue weighted by Crippen LogP contribution is 2.09. The topological polar surface area (TPSA) is 29.5 Å². The van der Waals surface area contributed by atoms with Crippen LogP contribution in [0.2, 0.25) is 0 Å². The van der Waals surface area contributed by atoms with E-state index in [9.17, 15) is 4.79 Å². The predicted molar refractivity (Wildman–Crippen MR) is 74.1 cm³/mol. The number of aryl methyl sites for hydroxylation is 1. The van der Waals surface area contributed by atoms with E-state index in [-0.39, 0.29) is 5.78 Å². The minimum Gasteiger partial charge on any atom is -0.380 e. The van der Waals surface area contributed by atoms with Gasteiger partial charge in [-0.15, -0.1) is 0 Å². The van der Waals surface area contributed by atoms with Crippen molar-refractivity contribution in [2.75, 3.05) is 33.4 Å².